The van der Waals surface area contributed by atoms with E-state index in [-0.39, 0.29) is 34.3 Å². The molecule has 0 saturated heterocycles. The van der Waals surface area contributed by atoms with Crippen molar-refractivity contribution in [3.8, 4) is 41.2 Å². The number of nitrogens with zero attached hydrogens (tertiary/aromatic N) is 3. The van der Waals surface area contributed by atoms with Gasteiger partial charge in [-0.3, -0.25) is 0 Å². The summed E-state index contributed by atoms with van der Waals surface area (Å²) < 4.78 is 79.4. The first-order valence-corrected chi connectivity index (χ1v) is 10.1. The van der Waals surface area contributed by atoms with E-state index in [2.05, 4.69) is 30.9 Å². The molecular weight excluding hydrogens is 491 g/mol. The molecule has 0 aliphatic rings. The third kappa shape index (κ3) is 4.46. The van der Waals surface area contributed by atoms with Crippen LogP contribution in [-0.2, 0) is 0 Å². The molecule has 0 saturated carbocycles. The van der Waals surface area contributed by atoms with Crippen LogP contribution in [0, 0.1) is 24.0 Å². The fourth-order valence-electron chi connectivity index (χ4n) is 3.63. The van der Waals surface area contributed by atoms with Crippen molar-refractivity contribution in [2.24, 2.45) is 0 Å². The summed E-state index contributed by atoms with van der Waals surface area (Å²) in [6.45, 7) is -0.612. The van der Waals surface area contributed by atoms with E-state index < -0.39 is 58.8 Å². The summed E-state index contributed by atoms with van der Waals surface area (Å²) in [7, 11) is 1.15. The highest BCUT2D eigenvalue weighted by molar-refractivity contribution is 6.04. The summed E-state index contributed by atoms with van der Waals surface area (Å²) in [6.07, 6.45) is 0.178. The molecule has 0 fully saturated rings. The Hall–Kier alpha value is -4.44. The maximum absolute atomic E-state index is 15.9. The average Bonchev–Trinajstić information content (AvgIpc) is 2.82. The molecule has 2 heterocycles. The molecule has 2 aromatic carbocycles. The highest BCUT2D eigenvalue weighted by atomic mass is 19.4. The molecule has 0 radical (unpaired) electrons. The number of phenols is 1. The van der Waals surface area contributed by atoms with Crippen molar-refractivity contribution < 1.29 is 41.6 Å². The molecule has 36 heavy (non-hydrogen) atoms. The first kappa shape index (κ1) is 24.7. The van der Waals surface area contributed by atoms with Crippen LogP contribution in [0.3, 0.4) is 0 Å². The molecular formula is C23H15F5N4O4. The largest absolute Gasteiger partial charge is 0.574 e. The molecule has 4 rings (SSSR count). The van der Waals surface area contributed by atoms with Gasteiger partial charge in [0.1, 0.15) is 34.0 Å². The lowest BCUT2D eigenvalue weighted by molar-refractivity contribution is -0.275. The third-order valence-electron chi connectivity index (χ3n) is 4.98. The number of rotatable bonds is 6. The van der Waals surface area contributed by atoms with Crippen LogP contribution in [0.4, 0.5) is 27.8 Å². The molecule has 0 bridgehead atoms. The van der Waals surface area contributed by atoms with Gasteiger partial charge in [-0.25, -0.2) is 13.8 Å². The van der Waals surface area contributed by atoms with Gasteiger partial charge < -0.3 is 25.0 Å². The highest BCUT2D eigenvalue weighted by Gasteiger charge is 2.35. The maximum atomic E-state index is 15.9. The van der Waals surface area contributed by atoms with Gasteiger partial charge in [0, 0.05) is 17.5 Å². The van der Waals surface area contributed by atoms with Crippen LogP contribution in [0.2, 0.25) is 0 Å². The zero-order valence-corrected chi connectivity index (χ0v) is 18.2. The van der Waals surface area contributed by atoms with Gasteiger partial charge in [0.05, 0.1) is 19.3 Å². The van der Waals surface area contributed by atoms with Gasteiger partial charge in [-0.05, 0) is 23.6 Å². The van der Waals surface area contributed by atoms with Gasteiger partial charge in [-0.2, -0.15) is 9.97 Å². The molecule has 4 aromatic rings. The Morgan fingerprint density at radius 3 is 2.50 bits per heavy atom. The molecule has 0 aliphatic carbocycles. The molecule has 0 spiro atoms. The van der Waals surface area contributed by atoms with E-state index in [9.17, 15) is 22.7 Å². The van der Waals surface area contributed by atoms with Crippen LogP contribution in [0.5, 0.6) is 17.6 Å². The Morgan fingerprint density at radius 1 is 1.11 bits per heavy atom. The first-order chi connectivity index (χ1) is 17.1. The second-order valence-corrected chi connectivity index (χ2v) is 7.22. The first-order valence-electron chi connectivity index (χ1n) is 10.1. The molecule has 8 nitrogen and oxygen atoms in total. The number of nitrogens with one attached hydrogen (secondary N) is 1. The second kappa shape index (κ2) is 9.31. The van der Waals surface area contributed by atoms with Gasteiger partial charge in [0.15, 0.2) is 5.82 Å². The van der Waals surface area contributed by atoms with Crippen LogP contribution in [0.1, 0.15) is 5.56 Å². The lowest BCUT2D eigenvalue weighted by atomic mass is 9.95. The Bertz CT molecular complexity index is 1540. The van der Waals surface area contributed by atoms with E-state index in [0.29, 0.717) is 0 Å². The number of benzene rings is 2. The van der Waals surface area contributed by atoms with Gasteiger partial charge in [-0.15, -0.1) is 19.6 Å². The Labute approximate surface area is 199 Å². The molecule has 3 N–H and O–H groups in total. The lowest BCUT2D eigenvalue weighted by Crippen LogP contribution is -2.19. The smallest absolute Gasteiger partial charge is 0.508 e. The number of alkyl halides is 3. The van der Waals surface area contributed by atoms with Crippen molar-refractivity contribution >= 4 is 27.5 Å². The van der Waals surface area contributed by atoms with Gasteiger partial charge in [-0.1, -0.05) is 12.0 Å². The number of terminal acetylenes is 1. The molecule has 0 atom stereocenters. The number of hydrogen-bond acceptors (Lipinski definition) is 8. The number of aromatic nitrogens is 3. The number of hydrogen-bond donors (Lipinski definition) is 3. The van der Waals surface area contributed by atoms with Crippen LogP contribution in [-0.4, -0.2) is 51.8 Å². The van der Waals surface area contributed by atoms with Crippen molar-refractivity contribution in [1.82, 2.24) is 15.0 Å². The molecule has 13 heteroatoms. The quantitative estimate of drug-likeness (QED) is 0.265. The Morgan fingerprint density at radius 2 is 1.86 bits per heavy atom. The van der Waals surface area contributed by atoms with Crippen molar-refractivity contribution in [2.75, 3.05) is 25.6 Å². The lowest BCUT2D eigenvalue weighted by Gasteiger charge is -2.17. The predicted molar refractivity (Wildman–Crippen MR) is 119 cm³/mol. The normalized spacial score (nSPS) is 11.5. The zero-order valence-electron chi connectivity index (χ0n) is 18.2. The van der Waals surface area contributed by atoms with E-state index in [1.54, 1.807) is 0 Å². The number of anilines is 1. The summed E-state index contributed by atoms with van der Waals surface area (Å²) in [4.78, 5) is 11.4. The molecule has 0 unspecified atom stereocenters. The summed E-state index contributed by atoms with van der Waals surface area (Å²) in [5, 5.41) is 21.3. The number of aliphatic hydroxyl groups is 1. The van der Waals surface area contributed by atoms with Crippen LogP contribution in [0.25, 0.3) is 32.9 Å². The summed E-state index contributed by atoms with van der Waals surface area (Å²) >= 11 is 0. The Kier molecular flexibility index (Phi) is 6.38. The fraction of sp³-hybridized carbons (Fsp3) is 0.174. The van der Waals surface area contributed by atoms with Crippen molar-refractivity contribution in [1.29, 1.82) is 0 Å². The van der Waals surface area contributed by atoms with E-state index in [4.69, 9.17) is 16.3 Å². The number of aromatic hydroxyl groups is 1. The minimum Gasteiger partial charge on any atom is -0.508 e. The standard InChI is InChI=1S/C23H15F5N4O4/c1-3-12-14(24)5-4-10-8-11(34)9-13(15(10)12)18-17(25)19-16(21(30-18)36-23(26,27)28)20(29-6-7-33)32-22(31-19)35-2/h1,4-5,8-9,33-34H,6-7H2,2H3,(H,29,31,32). The number of pyridine rings is 1. The maximum Gasteiger partial charge on any atom is 0.574 e. The van der Waals surface area contributed by atoms with Crippen molar-refractivity contribution in [3.63, 3.8) is 0 Å². The number of ether oxygens (including phenoxy) is 2. The van der Waals surface area contributed by atoms with Gasteiger partial charge in [0.2, 0.25) is 5.88 Å². The van der Waals surface area contributed by atoms with E-state index in [1.165, 1.54) is 12.1 Å². The van der Waals surface area contributed by atoms with Gasteiger partial charge >= 0.3 is 12.4 Å². The SMILES string of the molecule is C#Cc1c(F)ccc2cc(O)cc(-c3nc(OC(F)(F)F)c4c(NCCO)nc(OC)nc4c3F)c12. The van der Waals surface area contributed by atoms with Crippen LogP contribution in [0.15, 0.2) is 24.3 Å². The number of aliphatic hydroxyl groups excluding tert-OH is 1. The molecule has 0 amide bonds. The molecule has 0 aliphatic heterocycles. The van der Waals surface area contributed by atoms with E-state index in [0.717, 1.165) is 19.2 Å². The summed E-state index contributed by atoms with van der Waals surface area (Å²) in [5.74, 6) is -1.91. The van der Waals surface area contributed by atoms with Gasteiger partial charge in [0.25, 0.3) is 0 Å². The number of halogens is 5. The van der Waals surface area contributed by atoms with Crippen molar-refractivity contribution in [2.45, 2.75) is 6.36 Å². The molecule has 2 aromatic heterocycles. The predicted octanol–water partition coefficient (Wildman–Crippen LogP) is 4.12. The van der Waals surface area contributed by atoms with Crippen molar-refractivity contribution in [3.05, 3.63) is 41.5 Å². The average molecular weight is 506 g/mol. The van der Waals surface area contributed by atoms with Crippen LogP contribution >= 0.6 is 0 Å². The minimum absolute atomic E-state index is 0.0846. The fourth-order valence-corrected chi connectivity index (χ4v) is 3.63. The topological polar surface area (TPSA) is 110 Å². The third-order valence-corrected chi connectivity index (χ3v) is 4.98. The second-order valence-electron chi connectivity index (χ2n) is 7.22. The number of methoxy groups -OCH3 is 1. The number of phenolic OH excluding ortho intramolecular Hbond substituents is 1. The van der Waals surface area contributed by atoms with Crippen LogP contribution < -0.4 is 14.8 Å². The summed E-state index contributed by atoms with van der Waals surface area (Å²) in [5.41, 5.74) is -2.10. The molecule has 186 valence electrons. The van der Waals surface area contributed by atoms with E-state index >= 15 is 4.39 Å². The summed E-state index contributed by atoms with van der Waals surface area (Å²) in [6, 6.07) is 4.05. The Balaban J connectivity index is 2.17. The number of fused-ring (bicyclic) bond motifs is 2. The minimum atomic E-state index is -5.26. The zero-order chi connectivity index (χ0) is 26.2. The van der Waals surface area contributed by atoms with E-state index in [1.807, 2.05) is 0 Å². The monoisotopic (exact) mass is 506 g/mol. The highest BCUT2D eigenvalue weighted by Crippen LogP contribution is 2.42.